The highest BCUT2D eigenvalue weighted by atomic mass is 19.3. The number of hydrogen-bond acceptors (Lipinski definition) is 4. The lowest BCUT2D eigenvalue weighted by molar-refractivity contribution is 0.00608. The van der Waals surface area contributed by atoms with Gasteiger partial charge >= 0.3 is 0 Å². The van der Waals surface area contributed by atoms with Gasteiger partial charge in [0.2, 0.25) is 6.43 Å². The Morgan fingerprint density at radius 1 is 1.19 bits per heavy atom. The van der Waals surface area contributed by atoms with Crippen LogP contribution in [0.1, 0.15) is 35.5 Å². The van der Waals surface area contributed by atoms with Crippen LogP contribution in [0.25, 0.3) is 22.4 Å². The third kappa shape index (κ3) is 3.79. The molecular weight excluding hydrogens is 400 g/mol. The number of aromatic nitrogens is 3. The highest BCUT2D eigenvalue weighted by molar-refractivity contribution is 5.99. The SMILES string of the molecule is CN1Cc2ccc(-c3nc(C#N)ccc3-c3cnn(CC(C)(C)C(F)F)c3)cc2C1=O. The first-order chi connectivity index (χ1) is 14.7. The van der Waals surface area contributed by atoms with Gasteiger partial charge in [0.1, 0.15) is 11.8 Å². The quantitative estimate of drug-likeness (QED) is 0.613. The molecular formula is C23H21F2N5O. The number of nitriles is 1. The Morgan fingerprint density at radius 2 is 1.97 bits per heavy atom. The average molecular weight is 421 g/mol. The smallest absolute Gasteiger partial charge is 0.254 e. The fourth-order valence-electron chi connectivity index (χ4n) is 3.64. The molecule has 3 aromatic rings. The third-order valence-corrected chi connectivity index (χ3v) is 5.48. The zero-order chi connectivity index (χ0) is 22.3. The van der Waals surface area contributed by atoms with Gasteiger partial charge in [-0.1, -0.05) is 26.0 Å². The Balaban J connectivity index is 1.77. The number of hydrogen-bond donors (Lipinski definition) is 0. The second-order valence-corrected chi connectivity index (χ2v) is 8.45. The van der Waals surface area contributed by atoms with Crippen LogP contribution in [0, 0.1) is 16.7 Å². The molecule has 0 fully saturated rings. The van der Waals surface area contributed by atoms with Gasteiger partial charge in [0, 0.05) is 47.5 Å². The van der Waals surface area contributed by atoms with Crippen LogP contribution in [0.15, 0.2) is 42.7 Å². The minimum atomic E-state index is -2.48. The molecule has 0 spiro atoms. The molecule has 31 heavy (non-hydrogen) atoms. The molecule has 4 rings (SSSR count). The van der Waals surface area contributed by atoms with Gasteiger partial charge in [-0.3, -0.25) is 9.48 Å². The standard InChI is InChI=1S/C23H21F2N5O/c1-23(2,22(24)25)13-30-12-16(10-27-30)18-7-6-17(9-26)28-20(18)14-4-5-15-11-29(3)21(31)19(15)8-14/h4-8,10,12,22H,11,13H2,1-3H3. The second kappa shape index (κ2) is 7.58. The Labute approximate surface area is 178 Å². The van der Waals surface area contributed by atoms with E-state index in [0.717, 1.165) is 5.56 Å². The summed E-state index contributed by atoms with van der Waals surface area (Å²) in [4.78, 5) is 18.5. The van der Waals surface area contributed by atoms with Gasteiger partial charge in [-0.15, -0.1) is 0 Å². The van der Waals surface area contributed by atoms with E-state index in [-0.39, 0.29) is 18.1 Å². The number of benzene rings is 1. The molecule has 3 heterocycles. The fraction of sp³-hybridized carbons (Fsp3) is 0.304. The van der Waals surface area contributed by atoms with Gasteiger partial charge in [-0.2, -0.15) is 10.4 Å². The van der Waals surface area contributed by atoms with Crippen molar-refractivity contribution in [2.45, 2.75) is 33.4 Å². The van der Waals surface area contributed by atoms with Crippen molar-refractivity contribution in [1.82, 2.24) is 19.7 Å². The molecule has 0 saturated carbocycles. The average Bonchev–Trinajstić information content (AvgIpc) is 3.31. The summed E-state index contributed by atoms with van der Waals surface area (Å²) in [5, 5.41) is 13.6. The van der Waals surface area contributed by atoms with E-state index in [1.165, 1.54) is 18.5 Å². The molecule has 158 valence electrons. The van der Waals surface area contributed by atoms with Gasteiger partial charge in [0.05, 0.1) is 18.4 Å². The molecule has 1 aromatic carbocycles. The molecule has 0 bridgehead atoms. The topological polar surface area (TPSA) is 74.8 Å². The summed E-state index contributed by atoms with van der Waals surface area (Å²) in [6, 6.07) is 11.0. The van der Waals surface area contributed by atoms with Crippen LogP contribution in [0.4, 0.5) is 8.78 Å². The van der Waals surface area contributed by atoms with Crippen molar-refractivity contribution in [1.29, 1.82) is 5.26 Å². The predicted molar refractivity (Wildman–Crippen MR) is 111 cm³/mol. The zero-order valence-corrected chi connectivity index (χ0v) is 17.4. The molecule has 0 atom stereocenters. The maximum atomic E-state index is 13.3. The number of amides is 1. The maximum Gasteiger partial charge on any atom is 0.254 e. The van der Waals surface area contributed by atoms with E-state index in [0.29, 0.717) is 34.5 Å². The number of fused-ring (bicyclic) bond motifs is 1. The minimum Gasteiger partial charge on any atom is -0.337 e. The monoisotopic (exact) mass is 421 g/mol. The van der Waals surface area contributed by atoms with Crippen LogP contribution >= 0.6 is 0 Å². The number of halogens is 2. The summed E-state index contributed by atoms with van der Waals surface area (Å²) < 4.78 is 28.0. The van der Waals surface area contributed by atoms with E-state index < -0.39 is 11.8 Å². The van der Waals surface area contributed by atoms with E-state index in [4.69, 9.17) is 0 Å². The summed E-state index contributed by atoms with van der Waals surface area (Å²) in [5.74, 6) is -0.0584. The van der Waals surface area contributed by atoms with Gasteiger partial charge in [-0.05, 0) is 23.8 Å². The van der Waals surface area contributed by atoms with Crippen molar-refractivity contribution in [3.63, 3.8) is 0 Å². The number of pyridine rings is 1. The van der Waals surface area contributed by atoms with Crippen molar-refractivity contribution in [2.75, 3.05) is 7.05 Å². The van der Waals surface area contributed by atoms with Crippen LogP contribution in [0.5, 0.6) is 0 Å². The van der Waals surface area contributed by atoms with E-state index in [9.17, 15) is 18.8 Å². The molecule has 6 nitrogen and oxygen atoms in total. The lowest BCUT2D eigenvalue weighted by Crippen LogP contribution is -2.27. The summed E-state index contributed by atoms with van der Waals surface area (Å²) in [6.45, 7) is 3.60. The van der Waals surface area contributed by atoms with E-state index in [2.05, 4.69) is 10.1 Å². The Hall–Kier alpha value is -3.60. The molecule has 0 saturated heterocycles. The van der Waals surface area contributed by atoms with Crippen molar-refractivity contribution < 1.29 is 13.6 Å². The first-order valence-corrected chi connectivity index (χ1v) is 9.80. The highest BCUT2D eigenvalue weighted by Crippen LogP contribution is 2.34. The van der Waals surface area contributed by atoms with Crippen molar-refractivity contribution in [3.05, 3.63) is 59.5 Å². The zero-order valence-electron chi connectivity index (χ0n) is 17.4. The van der Waals surface area contributed by atoms with Crippen molar-refractivity contribution >= 4 is 5.91 Å². The van der Waals surface area contributed by atoms with Crippen LogP contribution in [0.2, 0.25) is 0 Å². The van der Waals surface area contributed by atoms with Gasteiger partial charge < -0.3 is 4.90 Å². The Kier molecular flexibility index (Phi) is 5.05. The van der Waals surface area contributed by atoms with Crippen LogP contribution in [-0.4, -0.2) is 39.0 Å². The number of rotatable bonds is 5. The molecule has 0 radical (unpaired) electrons. The fourth-order valence-corrected chi connectivity index (χ4v) is 3.64. The summed E-state index contributed by atoms with van der Waals surface area (Å²) in [5.41, 5.74) is 3.23. The van der Waals surface area contributed by atoms with Crippen LogP contribution < -0.4 is 0 Å². The molecule has 0 N–H and O–H groups in total. The molecule has 2 aromatic heterocycles. The molecule has 1 aliphatic heterocycles. The van der Waals surface area contributed by atoms with Crippen molar-refractivity contribution in [3.8, 4) is 28.5 Å². The second-order valence-electron chi connectivity index (χ2n) is 8.45. The molecule has 8 heteroatoms. The molecule has 0 unspecified atom stereocenters. The lowest BCUT2D eigenvalue weighted by Gasteiger charge is -2.23. The first kappa shape index (κ1) is 20.7. The minimum absolute atomic E-state index is 0.0584. The number of nitrogens with zero attached hydrogens (tertiary/aromatic N) is 5. The summed E-state index contributed by atoms with van der Waals surface area (Å²) >= 11 is 0. The highest BCUT2D eigenvalue weighted by Gasteiger charge is 2.30. The summed E-state index contributed by atoms with van der Waals surface area (Å²) in [6.07, 6.45) is 0.818. The molecule has 1 aliphatic rings. The van der Waals surface area contributed by atoms with Crippen LogP contribution in [-0.2, 0) is 13.1 Å². The largest absolute Gasteiger partial charge is 0.337 e. The molecule has 1 amide bonds. The number of alkyl halides is 2. The van der Waals surface area contributed by atoms with E-state index in [1.54, 1.807) is 42.5 Å². The van der Waals surface area contributed by atoms with Crippen LogP contribution in [0.3, 0.4) is 0 Å². The maximum absolute atomic E-state index is 13.3. The molecule has 0 aliphatic carbocycles. The van der Waals surface area contributed by atoms with Gasteiger partial charge in [-0.25, -0.2) is 13.8 Å². The number of carbonyl (C=O) groups excluding carboxylic acids is 1. The number of carbonyl (C=O) groups is 1. The lowest BCUT2D eigenvalue weighted by atomic mass is 9.94. The van der Waals surface area contributed by atoms with Gasteiger partial charge in [0.15, 0.2) is 0 Å². The van der Waals surface area contributed by atoms with Crippen molar-refractivity contribution in [2.24, 2.45) is 5.41 Å². The first-order valence-electron chi connectivity index (χ1n) is 9.80. The van der Waals surface area contributed by atoms with E-state index >= 15 is 0 Å². The van der Waals surface area contributed by atoms with Gasteiger partial charge in [0.25, 0.3) is 5.91 Å². The normalized spacial score (nSPS) is 13.6. The summed E-state index contributed by atoms with van der Waals surface area (Å²) in [7, 11) is 1.75. The Morgan fingerprint density at radius 3 is 2.68 bits per heavy atom. The Bertz CT molecular complexity index is 1210. The third-order valence-electron chi connectivity index (χ3n) is 5.48. The van der Waals surface area contributed by atoms with E-state index in [1.807, 2.05) is 18.2 Å². The predicted octanol–water partition coefficient (Wildman–Crippen LogP) is 4.36.